The molecule has 1 rings (SSSR count). The molecule has 0 aliphatic rings. The Hall–Kier alpha value is -0.310. The summed E-state index contributed by atoms with van der Waals surface area (Å²) in [5.41, 5.74) is 1.23. The normalized spacial score (nSPS) is 15.2. The van der Waals surface area contributed by atoms with Crippen LogP contribution in [0, 0.1) is 5.92 Å². The summed E-state index contributed by atoms with van der Waals surface area (Å²) in [6, 6.07) is 2.67. The predicted molar refractivity (Wildman–Crippen MR) is 68.5 cm³/mol. The minimum absolute atomic E-state index is 0.521. The molecule has 0 N–H and O–H groups in total. The zero-order valence-corrected chi connectivity index (χ0v) is 11.5. The van der Waals surface area contributed by atoms with E-state index in [1.165, 1.54) is 12.1 Å². The zero-order chi connectivity index (χ0) is 11.3. The van der Waals surface area contributed by atoms with Crippen molar-refractivity contribution in [1.82, 2.24) is 9.78 Å². The van der Waals surface area contributed by atoms with Crippen LogP contribution < -0.4 is 0 Å². The number of hydrogen-bond acceptors (Lipinski definition) is 1. The fraction of sp³-hybridized carbons (Fsp3) is 0.750. The van der Waals surface area contributed by atoms with Crippen molar-refractivity contribution < 1.29 is 0 Å². The average Bonchev–Trinajstić information content (AvgIpc) is 2.73. The first-order valence-electron chi connectivity index (χ1n) is 5.77. The summed E-state index contributed by atoms with van der Waals surface area (Å²) in [7, 11) is 0. The fourth-order valence-electron chi connectivity index (χ4n) is 1.41. The molecule has 86 valence electrons. The Balaban J connectivity index is 2.46. The highest BCUT2D eigenvalue weighted by atomic mass is 79.9. The van der Waals surface area contributed by atoms with Gasteiger partial charge < -0.3 is 0 Å². The van der Waals surface area contributed by atoms with Gasteiger partial charge in [-0.2, -0.15) is 5.10 Å². The summed E-state index contributed by atoms with van der Waals surface area (Å²) < 4.78 is 2.08. The Morgan fingerprint density at radius 3 is 2.80 bits per heavy atom. The summed E-state index contributed by atoms with van der Waals surface area (Å²) in [6.45, 7) is 6.66. The lowest BCUT2D eigenvalue weighted by Gasteiger charge is -2.08. The van der Waals surface area contributed by atoms with Crippen LogP contribution in [0.15, 0.2) is 12.3 Å². The average molecular weight is 273 g/mol. The lowest BCUT2D eigenvalue weighted by molar-refractivity contribution is 0.471. The molecule has 2 atom stereocenters. The number of halogens is 1. The summed E-state index contributed by atoms with van der Waals surface area (Å²) >= 11 is 3.50. The van der Waals surface area contributed by atoms with Gasteiger partial charge in [-0.25, -0.2) is 0 Å². The van der Waals surface area contributed by atoms with Crippen LogP contribution in [-0.2, 0) is 6.42 Å². The maximum atomic E-state index is 4.59. The first-order chi connectivity index (χ1) is 7.17. The maximum Gasteiger partial charge on any atom is 0.0624 e. The van der Waals surface area contributed by atoms with Gasteiger partial charge in [0.25, 0.3) is 0 Å². The fourth-order valence-corrected chi connectivity index (χ4v) is 1.74. The second kappa shape index (κ2) is 6.31. The number of nitrogens with zero attached hydrogens (tertiary/aromatic N) is 2. The Bertz CT molecular complexity index is 283. The Morgan fingerprint density at radius 1 is 1.47 bits per heavy atom. The van der Waals surface area contributed by atoms with Crippen LogP contribution in [0.2, 0.25) is 0 Å². The van der Waals surface area contributed by atoms with E-state index in [4.69, 9.17) is 0 Å². The van der Waals surface area contributed by atoms with E-state index in [0.29, 0.717) is 6.04 Å². The highest BCUT2D eigenvalue weighted by molar-refractivity contribution is 9.09. The van der Waals surface area contributed by atoms with Crippen LogP contribution in [0.25, 0.3) is 0 Å². The van der Waals surface area contributed by atoms with Crippen LogP contribution in [0.4, 0.5) is 0 Å². The third-order valence-electron chi connectivity index (χ3n) is 2.86. The van der Waals surface area contributed by atoms with Crippen molar-refractivity contribution in [3.05, 3.63) is 18.0 Å². The first kappa shape index (κ1) is 12.8. The topological polar surface area (TPSA) is 17.8 Å². The molecule has 0 saturated carbocycles. The Kier molecular flexibility index (Phi) is 5.37. The van der Waals surface area contributed by atoms with Gasteiger partial charge in [-0.1, -0.05) is 29.8 Å². The Morgan fingerprint density at radius 2 is 2.20 bits per heavy atom. The monoisotopic (exact) mass is 272 g/mol. The minimum atomic E-state index is 0.521. The highest BCUT2D eigenvalue weighted by Crippen LogP contribution is 2.13. The highest BCUT2D eigenvalue weighted by Gasteiger charge is 2.06. The van der Waals surface area contributed by atoms with Gasteiger partial charge in [-0.05, 0) is 38.2 Å². The predicted octanol–water partition coefficient (Wildman–Crippen LogP) is 3.82. The van der Waals surface area contributed by atoms with Gasteiger partial charge in [0.15, 0.2) is 0 Å². The van der Waals surface area contributed by atoms with Crippen molar-refractivity contribution in [3.63, 3.8) is 0 Å². The molecular formula is C12H21BrN2. The molecule has 2 nitrogen and oxygen atoms in total. The number of alkyl halides is 1. The van der Waals surface area contributed by atoms with Crippen molar-refractivity contribution >= 4 is 15.9 Å². The molecule has 0 radical (unpaired) electrons. The number of rotatable bonds is 6. The van der Waals surface area contributed by atoms with Gasteiger partial charge in [-0.3, -0.25) is 4.68 Å². The van der Waals surface area contributed by atoms with Gasteiger partial charge in [-0.15, -0.1) is 0 Å². The van der Waals surface area contributed by atoms with E-state index in [9.17, 15) is 0 Å². The summed E-state index contributed by atoms with van der Waals surface area (Å²) in [6.07, 6.45) is 5.54. The quantitative estimate of drug-likeness (QED) is 0.720. The maximum absolute atomic E-state index is 4.59. The van der Waals surface area contributed by atoms with Crippen LogP contribution in [-0.4, -0.2) is 15.1 Å². The molecule has 0 spiro atoms. The molecule has 0 aliphatic heterocycles. The van der Waals surface area contributed by atoms with Gasteiger partial charge >= 0.3 is 0 Å². The van der Waals surface area contributed by atoms with E-state index >= 15 is 0 Å². The minimum Gasteiger partial charge on any atom is -0.270 e. The smallest absolute Gasteiger partial charge is 0.0624 e. The number of hydrogen-bond donors (Lipinski definition) is 0. The zero-order valence-electron chi connectivity index (χ0n) is 9.91. The largest absolute Gasteiger partial charge is 0.270 e. The molecule has 0 amide bonds. The number of aryl methyl sites for hydroxylation is 1. The van der Waals surface area contributed by atoms with E-state index in [1.54, 1.807) is 0 Å². The molecule has 0 aliphatic carbocycles. The lowest BCUT2D eigenvalue weighted by Crippen LogP contribution is -2.05. The van der Waals surface area contributed by atoms with Crippen molar-refractivity contribution in [2.24, 2.45) is 5.92 Å². The summed E-state index contributed by atoms with van der Waals surface area (Å²) in [4.78, 5) is 0. The van der Waals surface area contributed by atoms with E-state index in [-0.39, 0.29) is 0 Å². The molecular weight excluding hydrogens is 252 g/mol. The van der Waals surface area contributed by atoms with Crippen molar-refractivity contribution in [2.45, 2.75) is 46.1 Å². The molecule has 1 heterocycles. The molecule has 0 bridgehead atoms. The summed E-state index contributed by atoms with van der Waals surface area (Å²) in [5, 5.41) is 5.67. The first-order valence-corrected chi connectivity index (χ1v) is 6.89. The SMILES string of the molecule is CCC(C)n1ccc(CCC(C)CBr)n1. The van der Waals surface area contributed by atoms with Gasteiger partial charge in [0.2, 0.25) is 0 Å². The standard InChI is InChI=1S/C12H21BrN2/c1-4-11(3)15-8-7-12(14-15)6-5-10(2)9-13/h7-8,10-11H,4-6,9H2,1-3H3. The Labute approximate surface area is 101 Å². The van der Waals surface area contributed by atoms with Crippen LogP contribution in [0.3, 0.4) is 0 Å². The van der Waals surface area contributed by atoms with Crippen molar-refractivity contribution in [1.29, 1.82) is 0 Å². The number of aromatic nitrogens is 2. The van der Waals surface area contributed by atoms with Crippen LogP contribution >= 0.6 is 15.9 Å². The van der Waals surface area contributed by atoms with E-state index in [0.717, 1.165) is 24.1 Å². The third-order valence-corrected chi connectivity index (χ3v) is 3.97. The third kappa shape index (κ3) is 3.98. The molecule has 15 heavy (non-hydrogen) atoms. The molecule has 1 aromatic rings. The van der Waals surface area contributed by atoms with Crippen LogP contribution in [0.5, 0.6) is 0 Å². The van der Waals surface area contributed by atoms with E-state index < -0.39 is 0 Å². The molecule has 0 fully saturated rings. The molecule has 3 heteroatoms. The molecule has 0 aromatic carbocycles. The van der Waals surface area contributed by atoms with E-state index in [1.807, 2.05) is 0 Å². The molecule has 1 aromatic heterocycles. The molecule has 2 unspecified atom stereocenters. The van der Waals surface area contributed by atoms with E-state index in [2.05, 4.69) is 58.7 Å². The lowest BCUT2D eigenvalue weighted by atomic mass is 10.1. The second-order valence-corrected chi connectivity index (χ2v) is 4.99. The van der Waals surface area contributed by atoms with Crippen molar-refractivity contribution in [2.75, 3.05) is 5.33 Å². The summed E-state index contributed by atoms with van der Waals surface area (Å²) in [5.74, 6) is 0.735. The molecule has 0 saturated heterocycles. The van der Waals surface area contributed by atoms with Gasteiger partial charge in [0, 0.05) is 17.6 Å². The van der Waals surface area contributed by atoms with Crippen LogP contribution in [0.1, 0.15) is 45.3 Å². The second-order valence-electron chi connectivity index (χ2n) is 4.34. The van der Waals surface area contributed by atoms with Gasteiger partial charge in [0.1, 0.15) is 0 Å². The van der Waals surface area contributed by atoms with Gasteiger partial charge in [0.05, 0.1) is 5.69 Å². The van der Waals surface area contributed by atoms with Crippen molar-refractivity contribution in [3.8, 4) is 0 Å².